The number of H-pyrrole nitrogens is 1. The number of benzene rings is 3. The van der Waals surface area contributed by atoms with Gasteiger partial charge in [0.1, 0.15) is 0 Å². The van der Waals surface area contributed by atoms with Crippen molar-refractivity contribution in [1.29, 1.82) is 0 Å². The van der Waals surface area contributed by atoms with E-state index in [9.17, 15) is 0 Å². The second-order valence-corrected chi connectivity index (χ2v) is 6.72. The zero-order chi connectivity index (χ0) is 16.4. The summed E-state index contributed by atoms with van der Waals surface area (Å²) < 4.78 is 0. The van der Waals surface area contributed by atoms with Crippen LogP contribution in [-0.2, 0) is 0 Å². The average molecular weight is 320 g/mol. The number of rotatable bonds is 0. The molecule has 2 heteroatoms. The number of aromatic nitrogens is 1. The van der Waals surface area contributed by atoms with E-state index >= 15 is 0 Å². The minimum Gasteiger partial charge on any atom is -0.367 e. The Morgan fingerprint density at radius 2 is 1.16 bits per heavy atom. The number of anilines is 2. The lowest BCUT2D eigenvalue weighted by molar-refractivity contribution is 0.804. The molecule has 6 rings (SSSR count). The van der Waals surface area contributed by atoms with Crippen molar-refractivity contribution in [2.75, 3.05) is 4.90 Å². The first-order valence-corrected chi connectivity index (χ1v) is 8.67. The molecule has 1 unspecified atom stereocenters. The van der Waals surface area contributed by atoms with Crippen LogP contribution in [0.2, 0.25) is 0 Å². The van der Waals surface area contributed by atoms with E-state index in [0.717, 1.165) is 0 Å². The van der Waals surface area contributed by atoms with Crippen molar-refractivity contribution in [3.63, 3.8) is 0 Å². The minimum absolute atomic E-state index is 0.210. The van der Waals surface area contributed by atoms with Crippen LogP contribution in [0, 0.1) is 0 Å². The van der Waals surface area contributed by atoms with Gasteiger partial charge in [-0.15, -0.1) is 0 Å². The van der Waals surface area contributed by atoms with Gasteiger partial charge in [0.25, 0.3) is 0 Å². The molecule has 0 fully saturated rings. The van der Waals surface area contributed by atoms with Crippen LogP contribution in [0.5, 0.6) is 0 Å². The Morgan fingerprint density at radius 1 is 0.560 bits per heavy atom. The van der Waals surface area contributed by atoms with Gasteiger partial charge < -0.3 is 9.88 Å². The number of aromatic amines is 1. The van der Waals surface area contributed by atoms with Crippen molar-refractivity contribution in [2.45, 2.75) is 6.04 Å². The molecule has 0 bridgehead atoms. The zero-order valence-corrected chi connectivity index (χ0v) is 13.6. The molecular weight excluding hydrogens is 304 g/mol. The average Bonchev–Trinajstić information content (AvgIpc) is 3.17. The second kappa shape index (κ2) is 4.64. The van der Waals surface area contributed by atoms with Gasteiger partial charge in [0.05, 0.1) is 6.04 Å². The molecule has 25 heavy (non-hydrogen) atoms. The van der Waals surface area contributed by atoms with Crippen LogP contribution in [0.15, 0.2) is 85.2 Å². The van der Waals surface area contributed by atoms with E-state index in [4.69, 9.17) is 0 Å². The van der Waals surface area contributed by atoms with Crippen LogP contribution in [0.3, 0.4) is 0 Å². The maximum absolute atomic E-state index is 3.34. The van der Waals surface area contributed by atoms with Gasteiger partial charge >= 0.3 is 0 Å². The van der Waals surface area contributed by atoms with Gasteiger partial charge in [0.15, 0.2) is 0 Å². The Hall–Kier alpha value is -3.26. The van der Waals surface area contributed by atoms with Gasteiger partial charge in [0, 0.05) is 46.0 Å². The maximum Gasteiger partial charge on any atom is 0.0871 e. The molecule has 3 aromatic carbocycles. The largest absolute Gasteiger partial charge is 0.367 e. The lowest BCUT2D eigenvalue weighted by Gasteiger charge is -2.44. The van der Waals surface area contributed by atoms with Crippen molar-refractivity contribution in [2.24, 2.45) is 0 Å². The van der Waals surface area contributed by atoms with Crippen molar-refractivity contribution in [3.8, 4) is 22.3 Å². The molecular formula is C23H16N2. The van der Waals surface area contributed by atoms with Gasteiger partial charge in [-0.3, -0.25) is 0 Å². The topological polar surface area (TPSA) is 19.0 Å². The highest BCUT2D eigenvalue weighted by Crippen LogP contribution is 2.56. The number of nitrogens with zero attached hydrogens (tertiary/aromatic N) is 1. The highest BCUT2D eigenvalue weighted by Gasteiger charge is 2.38. The zero-order valence-electron chi connectivity index (χ0n) is 13.6. The van der Waals surface area contributed by atoms with E-state index < -0.39 is 0 Å². The smallest absolute Gasteiger partial charge is 0.0871 e. The normalized spacial score (nSPS) is 16.3. The first kappa shape index (κ1) is 13.1. The van der Waals surface area contributed by atoms with Crippen molar-refractivity contribution >= 4 is 11.4 Å². The number of nitrogens with one attached hydrogen (secondary N) is 1. The molecule has 0 spiro atoms. The summed E-state index contributed by atoms with van der Waals surface area (Å²) in [4.78, 5) is 5.85. The first-order chi connectivity index (χ1) is 12.4. The molecule has 0 amide bonds. The summed E-state index contributed by atoms with van der Waals surface area (Å²) in [5.41, 5.74) is 10.5. The fraction of sp³-hybridized carbons (Fsp3) is 0.0435. The summed E-state index contributed by atoms with van der Waals surface area (Å²) in [6, 6.07) is 26.5. The second-order valence-electron chi connectivity index (χ2n) is 6.72. The van der Waals surface area contributed by atoms with Crippen molar-refractivity contribution in [1.82, 2.24) is 4.98 Å². The molecule has 0 saturated carbocycles. The van der Waals surface area contributed by atoms with Crippen LogP contribution in [-0.4, -0.2) is 4.98 Å². The summed E-state index contributed by atoms with van der Waals surface area (Å²) >= 11 is 0. The number of fused-ring (bicyclic) bond motifs is 11. The van der Waals surface area contributed by atoms with Gasteiger partial charge in [0.2, 0.25) is 0 Å². The molecule has 2 aliphatic rings. The fourth-order valence-electron chi connectivity index (χ4n) is 4.49. The highest BCUT2D eigenvalue weighted by atomic mass is 15.2. The molecule has 0 aliphatic carbocycles. The summed E-state index contributed by atoms with van der Waals surface area (Å²) in [5, 5.41) is 0. The predicted molar refractivity (Wildman–Crippen MR) is 102 cm³/mol. The molecule has 2 nitrogen and oxygen atoms in total. The Bertz CT molecular complexity index is 1120. The Morgan fingerprint density at radius 3 is 1.92 bits per heavy atom. The van der Waals surface area contributed by atoms with Crippen molar-refractivity contribution in [3.05, 3.63) is 96.3 Å². The van der Waals surface area contributed by atoms with Crippen LogP contribution >= 0.6 is 0 Å². The standard InChI is InChI=1S/C23H16N2/c1-2-10-18-15(7-1)16-8-3-5-11-21(16)25-22-12-6-4-9-17(22)19-13-24-14-20(19)23(18)25/h1-14,23-24H. The molecule has 1 atom stereocenters. The summed E-state index contributed by atoms with van der Waals surface area (Å²) in [6.45, 7) is 0. The highest BCUT2D eigenvalue weighted by molar-refractivity contribution is 5.96. The minimum atomic E-state index is 0.210. The summed E-state index contributed by atoms with van der Waals surface area (Å²) in [6.07, 6.45) is 4.29. The van der Waals surface area contributed by atoms with Crippen LogP contribution < -0.4 is 4.90 Å². The van der Waals surface area contributed by atoms with E-state index in [1.807, 2.05) is 0 Å². The molecule has 0 saturated heterocycles. The van der Waals surface area contributed by atoms with E-state index in [1.165, 1.54) is 44.8 Å². The summed E-state index contributed by atoms with van der Waals surface area (Å²) in [7, 11) is 0. The monoisotopic (exact) mass is 320 g/mol. The van der Waals surface area contributed by atoms with Crippen LogP contribution in [0.4, 0.5) is 11.4 Å². The quantitative estimate of drug-likeness (QED) is 0.427. The van der Waals surface area contributed by atoms with Crippen molar-refractivity contribution < 1.29 is 0 Å². The molecule has 1 aromatic heterocycles. The molecule has 0 radical (unpaired) electrons. The van der Waals surface area contributed by atoms with E-state index in [0.29, 0.717) is 0 Å². The molecule has 1 N–H and O–H groups in total. The first-order valence-electron chi connectivity index (χ1n) is 8.67. The van der Waals surface area contributed by atoms with E-state index in [2.05, 4.69) is 95.1 Å². The van der Waals surface area contributed by atoms with Gasteiger partial charge in [-0.2, -0.15) is 0 Å². The van der Waals surface area contributed by atoms with E-state index in [-0.39, 0.29) is 6.04 Å². The van der Waals surface area contributed by atoms with Crippen LogP contribution in [0.1, 0.15) is 17.2 Å². The van der Waals surface area contributed by atoms with Gasteiger partial charge in [-0.1, -0.05) is 60.7 Å². The van der Waals surface area contributed by atoms with Gasteiger partial charge in [-0.05, 0) is 23.3 Å². The molecule has 2 aliphatic heterocycles. The molecule has 4 aromatic rings. The van der Waals surface area contributed by atoms with E-state index in [1.54, 1.807) is 0 Å². The molecule has 118 valence electrons. The lowest BCUT2D eigenvalue weighted by atomic mass is 9.80. The Labute approximate surface area is 146 Å². The Kier molecular flexibility index (Phi) is 2.43. The third kappa shape index (κ3) is 1.59. The maximum atomic E-state index is 3.34. The number of hydrogen-bond donors (Lipinski definition) is 1. The van der Waals surface area contributed by atoms with Crippen LogP contribution in [0.25, 0.3) is 22.3 Å². The number of hydrogen-bond acceptors (Lipinski definition) is 1. The SMILES string of the molecule is c1ccc2c(c1)-c1ccccc1N1c3ccccc3-c3c[nH]cc3C21. The Balaban J connectivity index is 1.77. The van der Waals surface area contributed by atoms with Gasteiger partial charge in [-0.25, -0.2) is 0 Å². The molecule has 3 heterocycles. The lowest BCUT2D eigenvalue weighted by Crippen LogP contribution is -2.31. The fourth-order valence-corrected chi connectivity index (χ4v) is 4.49. The third-order valence-corrected chi connectivity index (χ3v) is 5.49. The predicted octanol–water partition coefficient (Wildman–Crippen LogP) is 5.90. The number of para-hydroxylation sites is 2. The summed E-state index contributed by atoms with van der Waals surface area (Å²) in [5.74, 6) is 0. The third-order valence-electron chi connectivity index (χ3n) is 5.49.